The third-order valence-corrected chi connectivity index (χ3v) is 7.57. The van der Waals surface area contributed by atoms with Crippen LogP contribution in [0.5, 0.6) is 11.5 Å². The first kappa shape index (κ1) is 30.9. The maximum atomic E-state index is 13.5. The summed E-state index contributed by atoms with van der Waals surface area (Å²) >= 11 is 1.41. The van der Waals surface area contributed by atoms with E-state index in [1.54, 1.807) is 60.7 Å². The van der Waals surface area contributed by atoms with Gasteiger partial charge in [0.2, 0.25) is 5.91 Å². The van der Waals surface area contributed by atoms with Crippen LogP contribution in [0.4, 0.5) is 11.4 Å². The smallest absolute Gasteiger partial charge is 0.272 e. The van der Waals surface area contributed by atoms with Crippen molar-refractivity contribution in [1.29, 1.82) is 0 Å². The summed E-state index contributed by atoms with van der Waals surface area (Å²) in [6, 6.07) is 28.7. The van der Waals surface area contributed by atoms with Crippen LogP contribution in [0.1, 0.15) is 28.4 Å². The number of rotatable bonds is 11. The lowest BCUT2D eigenvalue weighted by atomic mass is 10.1. The Bertz CT molecular complexity index is 1620. The number of anilines is 2. The van der Waals surface area contributed by atoms with Crippen molar-refractivity contribution in [3.63, 3.8) is 0 Å². The van der Waals surface area contributed by atoms with E-state index < -0.39 is 11.8 Å². The predicted molar refractivity (Wildman–Crippen MR) is 172 cm³/mol. The average molecular weight is 596 g/mol. The van der Waals surface area contributed by atoms with E-state index in [0.717, 1.165) is 16.1 Å². The van der Waals surface area contributed by atoms with Gasteiger partial charge in [-0.25, -0.2) is 0 Å². The van der Waals surface area contributed by atoms with Crippen molar-refractivity contribution in [2.24, 2.45) is 0 Å². The fraction of sp³-hybridized carbons (Fsp3) is 0.147. The minimum absolute atomic E-state index is 0.0142. The third kappa shape index (κ3) is 8.27. The minimum atomic E-state index is -0.527. The van der Waals surface area contributed by atoms with Crippen molar-refractivity contribution in [3.05, 3.63) is 119 Å². The van der Waals surface area contributed by atoms with Crippen LogP contribution in [0, 0.1) is 6.92 Å². The van der Waals surface area contributed by atoms with Crippen LogP contribution in [-0.2, 0) is 9.59 Å². The van der Waals surface area contributed by atoms with E-state index in [0.29, 0.717) is 28.3 Å². The Balaban J connectivity index is 1.50. The number of carbonyl (C=O) groups is 3. The second-order valence-electron chi connectivity index (χ2n) is 9.50. The molecule has 0 aliphatic carbocycles. The quantitative estimate of drug-likeness (QED) is 0.134. The van der Waals surface area contributed by atoms with E-state index in [9.17, 15) is 14.4 Å². The van der Waals surface area contributed by atoms with Crippen LogP contribution >= 0.6 is 11.8 Å². The summed E-state index contributed by atoms with van der Waals surface area (Å²) in [6.07, 6.45) is 1.54. The molecule has 3 amide bonds. The van der Waals surface area contributed by atoms with Crippen molar-refractivity contribution in [3.8, 4) is 11.5 Å². The Hall–Kier alpha value is -5.02. The van der Waals surface area contributed by atoms with Gasteiger partial charge in [-0.15, -0.1) is 11.8 Å². The molecule has 0 fully saturated rings. The first-order valence-corrected chi connectivity index (χ1v) is 14.4. The number of aryl methyl sites for hydroxylation is 1. The largest absolute Gasteiger partial charge is 0.493 e. The molecule has 0 aliphatic heterocycles. The lowest BCUT2D eigenvalue weighted by Crippen LogP contribution is -2.30. The number of hydrogen-bond acceptors (Lipinski definition) is 6. The van der Waals surface area contributed by atoms with Crippen LogP contribution in [0.2, 0.25) is 0 Å². The summed E-state index contributed by atoms with van der Waals surface area (Å²) in [4.78, 5) is 40.1. The third-order valence-electron chi connectivity index (χ3n) is 6.46. The first-order chi connectivity index (χ1) is 20.8. The molecule has 1 atom stereocenters. The van der Waals surface area contributed by atoms with E-state index in [1.807, 2.05) is 50.2 Å². The van der Waals surface area contributed by atoms with E-state index >= 15 is 0 Å². The molecule has 0 radical (unpaired) electrons. The van der Waals surface area contributed by atoms with Crippen LogP contribution in [-0.4, -0.2) is 37.2 Å². The number of carbonyl (C=O) groups excluding carboxylic acids is 3. The Labute approximate surface area is 255 Å². The van der Waals surface area contributed by atoms with Gasteiger partial charge in [0.25, 0.3) is 11.8 Å². The summed E-state index contributed by atoms with van der Waals surface area (Å²) in [5.74, 6) is -0.158. The maximum Gasteiger partial charge on any atom is 0.272 e. The SMILES string of the molecule is COc1cccc(/C=C(\NC(=O)c2ccccc2)C(=O)Nc2ccc(SC(C)C(=O)Nc3ccccc3C)cc2)c1OC. The summed E-state index contributed by atoms with van der Waals surface area (Å²) in [5, 5.41) is 8.20. The number of nitrogens with one attached hydrogen (secondary N) is 3. The molecule has 1 unspecified atom stereocenters. The maximum absolute atomic E-state index is 13.5. The molecule has 0 aromatic heterocycles. The molecule has 0 spiro atoms. The molecule has 8 nitrogen and oxygen atoms in total. The van der Waals surface area contributed by atoms with Gasteiger partial charge < -0.3 is 25.4 Å². The molecule has 4 aromatic rings. The number of methoxy groups -OCH3 is 2. The first-order valence-electron chi connectivity index (χ1n) is 13.5. The Morgan fingerprint density at radius 1 is 0.791 bits per heavy atom. The fourth-order valence-corrected chi connectivity index (χ4v) is 5.01. The second kappa shape index (κ2) is 14.7. The Kier molecular flexibility index (Phi) is 10.6. The van der Waals surface area contributed by atoms with Crippen LogP contribution in [0.15, 0.2) is 108 Å². The zero-order valence-electron chi connectivity index (χ0n) is 24.3. The molecule has 0 heterocycles. The van der Waals surface area contributed by atoms with E-state index in [-0.39, 0.29) is 16.9 Å². The van der Waals surface area contributed by atoms with Gasteiger partial charge in [0.1, 0.15) is 5.70 Å². The standard InChI is InChI=1S/C34H33N3O5S/c1-22-11-8-9-15-28(22)36-32(38)23(2)43-27-19-17-26(18-20-27)35-34(40)29(37-33(39)24-12-6-5-7-13-24)21-25-14-10-16-30(41-3)31(25)42-4/h5-21,23H,1-4H3,(H,35,40)(H,36,38)(H,37,39)/b29-21-. The highest BCUT2D eigenvalue weighted by molar-refractivity contribution is 8.00. The summed E-state index contributed by atoms with van der Waals surface area (Å²) in [7, 11) is 3.03. The predicted octanol–water partition coefficient (Wildman–Crippen LogP) is 6.54. The zero-order valence-corrected chi connectivity index (χ0v) is 25.2. The molecule has 220 valence electrons. The number of amides is 3. The lowest BCUT2D eigenvalue weighted by molar-refractivity contribution is -0.115. The molecule has 4 rings (SSSR count). The van der Waals surface area contributed by atoms with Gasteiger partial charge in [-0.3, -0.25) is 14.4 Å². The van der Waals surface area contributed by atoms with Crippen LogP contribution in [0.3, 0.4) is 0 Å². The molecule has 0 bridgehead atoms. The molecular formula is C34H33N3O5S. The van der Waals surface area contributed by atoms with Gasteiger partial charge in [-0.2, -0.15) is 0 Å². The highest BCUT2D eigenvalue weighted by atomic mass is 32.2. The van der Waals surface area contributed by atoms with Crippen LogP contribution in [0.25, 0.3) is 6.08 Å². The molecule has 43 heavy (non-hydrogen) atoms. The Morgan fingerprint density at radius 3 is 2.16 bits per heavy atom. The minimum Gasteiger partial charge on any atom is -0.493 e. The van der Waals surface area contributed by atoms with Gasteiger partial charge >= 0.3 is 0 Å². The van der Waals surface area contributed by atoms with Gasteiger partial charge in [0.05, 0.1) is 19.5 Å². The summed E-state index contributed by atoms with van der Waals surface area (Å²) in [6.45, 7) is 3.79. The van der Waals surface area contributed by atoms with Gasteiger partial charge in [-0.1, -0.05) is 48.5 Å². The van der Waals surface area contributed by atoms with Crippen LogP contribution < -0.4 is 25.4 Å². The van der Waals surface area contributed by atoms with E-state index in [2.05, 4.69) is 16.0 Å². The van der Waals surface area contributed by atoms with Crippen molar-refractivity contribution in [1.82, 2.24) is 5.32 Å². The van der Waals surface area contributed by atoms with E-state index in [4.69, 9.17) is 9.47 Å². The Morgan fingerprint density at radius 2 is 1.49 bits per heavy atom. The molecule has 3 N–H and O–H groups in total. The van der Waals surface area contributed by atoms with Crippen molar-refractivity contribution in [2.45, 2.75) is 24.0 Å². The molecule has 0 saturated heterocycles. The van der Waals surface area contributed by atoms with Gasteiger partial charge in [-0.05, 0) is 74.0 Å². The fourth-order valence-electron chi connectivity index (χ4n) is 4.14. The zero-order chi connectivity index (χ0) is 30.8. The number of benzene rings is 4. The van der Waals surface area contributed by atoms with Gasteiger partial charge in [0, 0.05) is 27.4 Å². The van der Waals surface area contributed by atoms with E-state index in [1.165, 1.54) is 32.1 Å². The normalized spacial score (nSPS) is 11.7. The number of hydrogen-bond donors (Lipinski definition) is 3. The molecule has 4 aromatic carbocycles. The molecule has 0 saturated carbocycles. The van der Waals surface area contributed by atoms with Crippen molar-refractivity contribution in [2.75, 3.05) is 24.9 Å². The number of thioether (sulfide) groups is 1. The highest BCUT2D eigenvalue weighted by Crippen LogP contribution is 2.32. The van der Waals surface area contributed by atoms with Crippen molar-refractivity contribution < 1.29 is 23.9 Å². The average Bonchev–Trinajstić information content (AvgIpc) is 3.02. The lowest BCUT2D eigenvalue weighted by Gasteiger charge is -2.15. The highest BCUT2D eigenvalue weighted by Gasteiger charge is 2.18. The number of ether oxygens (including phenoxy) is 2. The number of para-hydroxylation sites is 2. The monoisotopic (exact) mass is 595 g/mol. The summed E-state index contributed by atoms with van der Waals surface area (Å²) in [5.41, 5.74) is 3.26. The summed E-state index contributed by atoms with van der Waals surface area (Å²) < 4.78 is 10.9. The molecule has 9 heteroatoms. The van der Waals surface area contributed by atoms with Crippen molar-refractivity contribution >= 4 is 46.9 Å². The molecule has 0 aliphatic rings. The second-order valence-corrected chi connectivity index (χ2v) is 10.9. The topological polar surface area (TPSA) is 106 Å². The molecular weight excluding hydrogens is 562 g/mol. The van der Waals surface area contributed by atoms with Gasteiger partial charge in [0.15, 0.2) is 11.5 Å².